The quantitative estimate of drug-likeness (QED) is 0.253. The van der Waals surface area contributed by atoms with Gasteiger partial charge >= 0.3 is 0 Å². The molecule has 168 valence electrons. The van der Waals surface area contributed by atoms with Crippen LogP contribution in [0.25, 0.3) is 21.8 Å². The molecular weight excluding hydrogens is 418 g/mol. The number of rotatable bonds is 8. The smallest absolute Gasteiger partial charge is 0.260 e. The van der Waals surface area contributed by atoms with Crippen molar-refractivity contribution in [2.24, 2.45) is 5.10 Å². The molecule has 1 heterocycles. The van der Waals surface area contributed by atoms with E-state index >= 15 is 0 Å². The van der Waals surface area contributed by atoms with Crippen molar-refractivity contribution in [1.82, 2.24) is 9.99 Å². The Morgan fingerprint density at radius 1 is 0.909 bits per heavy atom. The summed E-state index contributed by atoms with van der Waals surface area (Å²) in [6.07, 6.45) is 1.55. The molecule has 3 aromatic carbocycles. The standard InChI is InChI=1S/C26H25N3O4/c1-3-32-23-14-13-18(15-24(23)33-4-2)16-27-28-25(30)17-29-21-11-7-5-9-19(21)26(31)20-10-6-8-12-22(20)29/h5-16H,3-4,17H2,1-2H3,(H,28,30)/b27-16-. The highest BCUT2D eigenvalue weighted by Gasteiger charge is 2.12. The lowest BCUT2D eigenvalue weighted by Crippen LogP contribution is -2.25. The van der Waals surface area contributed by atoms with Crippen LogP contribution in [0.4, 0.5) is 0 Å². The number of aromatic nitrogens is 1. The Labute approximate surface area is 191 Å². The van der Waals surface area contributed by atoms with Gasteiger partial charge in [-0.1, -0.05) is 24.3 Å². The van der Waals surface area contributed by atoms with E-state index in [1.165, 1.54) is 0 Å². The van der Waals surface area contributed by atoms with Crippen molar-refractivity contribution in [2.75, 3.05) is 13.2 Å². The molecule has 1 amide bonds. The van der Waals surface area contributed by atoms with Gasteiger partial charge in [-0.3, -0.25) is 9.59 Å². The first kappa shape index (κ1) is 22.1. The lowest BCUT2D eigenvalue weighted by Gasteiger charge is -2.14. The number of ether oxygens (including phenoxy) is 2. The van der Waals surface area contributed by atoms with E-state index < -0.39 is 0 Å². The molecule has 33 heavy (non-hydrogen) atoms. The number of nitrogens with one attached hydrogen (secondary N) is 1. The van der Waals surface area contributed by atoms with E-state index in [-0.39, 0.29) is 17.9 Å². The number of amides is 1. The molecule has 1 N–H and O–H groups in total. The summed E-state index contributed by atoms with van der Waals surface area (Å²) in [5.41, 5.74) is 4.70. The number of hydrazone groups is 1. The van der Waals surface area contributed by atoms with Gasteiger partial charge in [-0.15, -0.1) is 0 Å². The van der Waals surface area contributed by atoms with E-state index in [0.717, 1.165) is 5.56 Å². The SMILES string of the molecule is CCOc1ccc(/C=N\NC(=O)Cn2c3ccccc3c(=O)c3ccccc32)cc1OCC. The molecule has 0 aliphatic heterocycles. The summed E-state index contributed by atoms with van der Waals surface area (Å²) in [5.74, 6) is 0.986. The molecule has 0 unspecified atom stereocenters. The van der Waals surface area contributed by atoms with Crippen LogP contribution in [0, 0.1) is 0 Å². The number of hydrogen-bond donors (Lipinski definition) is 1. The van der Waals surface area contributed by atoms with Crippen molar-refractivity contribution < 1.29 is 14.3 Å². The van der Waals surface area contributed by atoms with Crippen LogP contribution in [0.3, 0.4) is 0 Å². The highest BCUT2D eigenvalue weighted by atomic mass is 16.5. The molecule has 7 heteroatoms. The second-order valence-corrected chi connectivity index (χ2v) is 7.31. The summed E-state index contributed by atoms with van der Waals surface area (Å²) in [6, 6.07) is 20.0. The molecule has 0 saturated heterocycles. The summed E-state index contributed by atoms with van der Waals surface area (Å²) in [4.78, 5) is 25.6. The van der Waals surface area contributed by atoms with Gasteiger partial charge < -0.3 is 14.0 Å². The van der Waals surface area contributed by atoms with Gasteiger partial charge in [-0.2, -0.15) is 5.10 Å². The maximum Gasteiger partial charge on any atom is 0.260 e. The van der Waals surface area contributed by atoms with Gasteiger partial charge in [0.2, 0.25) is 0 Å². The Kier molecular flexibility index (Phi) is 6.69. The first-order valence-corrected chi connectivity index (χ1v) is 10.8. The predicted octanol–water partition coefficient (Wildman–Crippen LogP) is 4.10. The van der Waals surface area contributed by atoms with Gasteiger partial charge in [-0.25, -0.2) is 5.43 Å². The Morgan fingerprint density at radius 3 is 2.15 bits per heavy atom. The van der Waals surface area contributed by atoms with Crippen molar-refractivity contribution in [3.63, 3.8) is 0 Å². The summed E-state index contributed by atoms with van der Waals surface area (Å²) in [7, 11) is 0. The van der Waals surface area contributed by atoms with Crippen molar-refractivity contribution in [1.29, 1.82) is 0 Å². The first-order chi connectivity index (χ1) is 16.1. The van der Waals surface area contributed by atoms with Crippen LogP contribution in [0.1, 0.15) is 19.4 Å². The fourth-order valence-electron chi connectivity index (χ4n) is 3.75. The molecule has 0 aliphatic rings. The second-order valence-electron chi connectivity index (χ2n) is 7.31. The number of carbonyl (C=O) groups excluding carboxylic acids is 1. The van der Waals surface area contributed by atoms with Crippen LogP contribution in [0.15, 0.2) is 76.6 Å². The highest BCUT2D eigenvalue weighted by Crippen LogP contribution is 2.28. The molecule has 0 spiro atoms. The van der Waals surface area contributed by atoms with E-state index in [1.807, 2.05) is 73.0 Å². The fourth-order valence-corrected chi connectivity index (χ4v) is 3.75. The number of pyridine rings is 1. The normalized spacial score (nSPS) is 11.2. The zero-order valence-electron chi connectivity index (χ0n) is 18.6. The molecule has 0 radical (unpaired) electrons. The van der Waals surface area contributed by atoms with Gasteiger partial charge in [0.25, 0.3) is 5.91 Å². The van der Waals surface area contributed by atoms with Gasteiger partial charge in [-0.05, 0) is 61.9 Å². The summed E-state index contributed by atoms with van der Waals surface area (Å²) in [5, 5.41) is 5.25. The van der Waals surface area contributed by atoms with E-state index in [0.29, 0.717) is 46.5 Å². The van der Waals surface area contributed by atoms with Crippen molar-refractivity contribution in [3.8, 4) is 11.5 Å². The molecule has 4 rings (SSSR count). The molecule has 4 aromatic rings. The molecule has 0 aliphatic carbocycles. The minimum atomic E-state index is -0.304. The average Bonchev–Trinajstić information content (AvgIpc) is 2.83. The number of para-hydroxylation sites is 2. The summed E-state index contributed by atoms with van der Waals surface area (Å²) in [6.45, 7) is 4.89. The molecule has 7 nitrogen and oxygen atoms in total. The van der Waals surface area contributed by atoms with Gasteiger partial charge in [0.05, 0.1) is 30.5 Å². The summed E-state index contributed by atoms with van der Waals surface area (Å²) >= 11 is 0. The highest BCUT2D eigenvalue weighted by molar-refractivity contribution is 5.95. The van der Waals surface area contributed by atoms with E-state index in [1.54, 1.807) is 18.3 Å². The van der Waals surface area contributed by atoms with Crippen LogP contribution >= 0.6 is 0 Å². The first-order valence-electron chi connectivity index (χ1n) is 10.8. The van der Waals surface area contributed by atoms with E-state index in [9.17, 15) is 9.59 Å². The molecule has 0 bridgehead atoms. The minimum absolute atomic E-state index is 0.0200. The number of carbonyl (C=O) groups is 1. The third kappa shape index (κ3) is 4.72. The molecule has 0 fully saturated rings. The number of benzene rings is 3. The Balaban J connectivity index is 1.56. The second kappa shape index (κ2) is 9.99. The number of fused-ring (bicyclic) bond motifs is 2. The monoisotopic (exact) mass is 443 g/mol. The largest absolute Gasteiger partial charge is 0.490 e. The lowest BCUT2D eigenvalue weighted by molar-refractivity contribution is -0.121. The van der Waals surface area contributed by atoms with Crippen molar-refractivity contribution >= 4 is 33.9 Å². The number of hydrogen-bond acceptors (Lipinski definition) is 5. The fraction of sp³-hybridized carbons (Fsp3) is 0.192. The van der Waals surface area contributed by atoms with Gasteiger partial charge in [0.1, 0.15) is 6.54 Å². The number of nitrogens with zero attached hydrogens (tertiary/aromatic N) is 2. The van der Waals surface area contributed by atoms with Crippen molar-refractivity contribution in [2.45, 2.75) is 20.4 Å². The zero-order valence-corrected chi connectivity index (χ0v) is 18.6. The van der Waals surface area contributed by atoms with Crippen LogP contribution in [0.5, 0.6) is 11.5 Å². The Hall–Kier alpha value is -4.13. The molecule has 0 saturated carbocycles. The lowest BCUT2D eigenvalue weighted by atomic mass is 10.1. The Bertz CT molecular complexity index is 1330. The van der Waals surface area contributed by atoms with Crippen LogP contribution in [0.2, 0.25) is 0 Å². The van der Waals surface area contributed by atoms with Crippen molar-refractivity contribution in [3.05, 3.63) is 82.5 Å². The van der Waals surface area contributed by atoms with Crippen LogP contribution < -0.4 is 20.3 Å². The summed E-state index contributed by atoms with van der Waals surface area (Å²) < 4.78 is 13.0. The van der Waals surface area contributed by atoms with E-state index in [2.05, 4.69) is 10.5 Å². The third-order valence-corrected chi connectivity index (χ3v) is 5.15. The maximum absolute atomic E-state index is 12.8. The zero-order chi connectivity index (χ0) is 23.2. The molecule has 0 atom stereocenters. The third-order valence-electron chi connectivity index (χ3n) is 5.15. The van der Waals surface area contributed by atoms with E-state index in [4.69, 9.17) is 9.47 Å². The topological polar surface area (TPSA) is 81.9 Å². The van der Waals surface area contributed by atoms with Crippen LogP contribution in [-0.2, 0) is 11.3 Å². The average molecular weight is 444 g/mol. The Morgan fingerprint density at radius 2 is 1.52 bits per heavy atom. The maximum atomic E-state index is 12.8. The predicted molar refractivity (Wildman–Crippen MR) is 130 cm³/mol. The van der Waals surface area contributed by atoms with Crippen LogP contribution in [-0.4, -0.2) is 29.9 Å². The van der Waals surface area contributed by atoms with Gasteiger partial charge in [0.15, 0.2) is 16.9 Å². The minimum Gasteiger partial charge on any atom is -0.490 e. The molecular formula is C26H25N3O4. The molecule has 1 aromatic heterocycles. The van der Waals surface area contributed by atoms with Gasteiger partial charge in [0, 0.05) is 10.8 Å².